The van der Waals surface area contributed by atoms with Crippen LogP contribution in [0.2, 0.25) is 0 Å². The van der Waals surface area contributed by atoms with E-state index in [9.17, 15) is 4.79 Å². The molecule has 0 radical (unpaired) electrons. The van der Waals surface area contributed by atoms with E-state index in [2.05, 4.69) is 18.7 Å². The van der Waals surface area contributed by atoms with Crippen molar-refractivity contribution in [2.75, 3.05) is 19.7 Å². The van der Waals surface area contributed by atoms with Crippen LogP contribution in [0, 0.1) is 0 Å². The van der Waals surface area contributed by atoms with Crippen molar-refractivity contribution in [1.82, 2.24) is 4.90 Å². The van der Waals surface area contributed by atoms with Gasteiger partial charge in [0.05, 0.1) is 13.2 Å². The molecule has 1 aliphatic rings. The van der Waals surface area contributed by atoms with Crippen molar-refractivity contribution in [2.45, 2.75) is 45.6 Å². The van der Waals surface area contributed by atoms with Crippen molar-refractivity contribution in [3.05, 3.63) is 0 Å². The Morgan fingerprint density at radius 1 is 1.57 bits per heavy atom. The molecule has 1 atom stereocenters. The van der Waals surface area contributed by atoms with Gasteiger partial charge in [-0.15, -0.1) is 0 Å². The van der Waals surface area contributed by atoms with Crippen molar-refractivity contribution in [1.29, 1.82) is 0 Å². The number of unbranched alkanes of at least 4 members (excludes halogenated alkanes) is 1. The Morgan fingerprint density at radius 3 is 2.93 bits per heavy atom. The number of carbonyl (C=O) groups is 1. The average molecular weight is 199 g/mol. The second-order valence-corrected chi connectivity index (χ2v) is 4.04. The maximum atomic E-state index is 11.4. The molecule has 0 aromatic heterocycles. The summed E-state index contributed by atoms with van der Waals surface area (Å²) in [4.78, 5) is 13.6. The van der Waals surface area contributed by atoms with Crippen LogP contribution < -0.4 is 0 Å². The Bertz CT molecular complexity index is 182. The van der Waals surface area contributed by atoms with E-state index < -0.39 is 0 Å². The van der Waals surface area contributed by atoms with Crippen molar-refractivity contribution >= 4 is 5.97 Å². The van der Waals surface area contributed by atoms with E-state index in [-0.39, 0.29) is 5.97 Å². The Kier molecular flexibility index (Phi) is 4.94. The Labute approximate surface area is 86.4 Å². The normalized spacial score (nSPS) is 22.6. The SMILES string of the molecule is CCCCOC(=O)CN1CCCC1C. The molecule has 1 saturated heterocycles. The lowest BCUT2D eigenvalue weighted by molar-refractivity contribution is -0.145. The van der Waals surface area contributed by atoms with Gasteiger partial charge in [-0.1, -0.05) is 13.3 Å². The lowest BCUT2D eigenvalue weighted by atomic mass is 10.2. The third-order valence-electron chi connectivity index (χ3n) is 2.78. The van der Waals surface area contributed by atoms with Gasteiger partial charge in [-0.25, -0.2) is 0 Å². The number of nitrogens with zero attached hydrogens (tertiary/aromatic N) is 1. The van der Waals surface area contributed by atoms with E-state index in [0.717, 1.165) is 19.4 Å². The fourth-order valence-electron chi connectivity index (χ4n) is 1.77. The topological polar surface area (TPSA) is 29.5 Å². The van der Waals surface area contributed by atoms with Gasteiger partial charge in [-0.2, -0.15) is 0 Å². The highest BCUT2D eigenvalue weighted by molar-refractivity contribution is 5.71. The highest BCUT2D eigenvalue weighted by Crippen LogP contribution is 2.15. The average Bonchev–Trinajstić information content (AvgIpc) is 2.52. The van der Waals surface area contributed by atoms with Crippen LogP contribution in [0.3, 0.4) is 0 Å². The maximum absolute atomic E-state index is 11.4. The van der Waals surface area contributed by atoms with Gasteiger partial charge in [-0.3, -0.25) is 9.69 Å². The number of likely N-dealkylation sites (tertiary alicyclic amines) is 1. The molecule has 0 aromatic carbocycles. The molecular weight excluding hydrogens is 178 g/mol. The minimum absolute atomic E-state index is 0.0628. The van der Waals surface area contributed by atoms with Gasteiger partial charge >= 0.3 is 5.97 Å². The highest BCUT2D eigenvalue weighted by atomic mass is 16.5. The van der Waals surface area contributed by atoms with E-state index in [1.165, 1.54) is 12.8 Å². The van der Waals surface area contributed by atoms with Gasteiger partial charge in [0.25, 0.3) is 0 Å². The molecule has 1 unspecified atom stereocenters. The second-order valence-electron chi connectivity index (χ2n) is 4.04. The van der Waals surface area contributed by atoms with Crippen LogP contribution in [0.5, 0.6) is 0 Å². The number of hydrogen-bond donors (Lipinski definition) is 0. The first-order chi connectivity index (χ1) is 6.74. The molecule has 1 rings (SSSR count). The molecule has 0 N–H and O–H groups in total. The van der Waals surface area contributed by atoms with E-state index in [4.69, 9.17) is 4.74 Å². The van der Waals surface area contributed by atoms with Crippen molar-refractivity contribution in [2.24, 2.45) is 0 Å². The lowest BCUT2D eigenvalue weighted by Crippen LogP contribution is -2.33. The molecule has 0 aromatic rings. The monoisotopic (exact) mass is 199 g/mol. The molecule has 1 aliphatic heterocycles. The summed E-state index contributed by atoms with van der Waals surface area (Å²) < 4.78 is 5.11. The summed E-state index contributed by atoms with van der Waals surface area (Å²) in [6.45, 7) is 6.37. The third kappa shape index (κ3) is 3.66. The Balaban J connectivity index is 2.13. The van der Waals surface area contributed by atoms with Crippen LogP contribution in [0.25, 0.3) is 0 Å². The first-order valence-corrected chi connectivity index (χ1v) is 5.63. The minimum Gasteiger partial charge on any atom is -0.465 e. The standard InChI is InChI=1S/C11H21NO2/c1-3-4-8-14-11(13)9-12-7-5-6-10(12)2/h10H,3-9H2,1-2H3. The molecule has 3 nitrogen and oxygen atoms in total. The van der Waals surface area contributed by atoms with Crippen molar-refractivity contribution < 1.29 is 9.53 Å². The molecule has 1 fully saturated rings. The van der Waals surface area contributed by atoms with Crippen LogP contribution >= 0.6 is 0 Å². The fraction of sp³-hybridized carbons (Fsp3) is 0.909. The molecule has 0 bridgehead atoms. The smallest absolute Gasteiger partial charge is 0.320 e. The molecule has 0 amide bonds. The quantitative estimate of drug-likeness (QED) is 0.499. The van der Waals surface area contributed by atoms with Gasteiger partial charge < -0.3 is 4.74 Å². The molecular formula is C11H21NO2. The summed E-state index contributed by atoms with van der Waals surface area (Å²) in [6.07, 6.45) is 4.47. The number of rotatable bonds is 5. The molecule has 0 aliphatic carbocycles. The van der Waals surface area contributed by atoms with Gasteiger partial charge in [0, 0.05) is 6.04 Å². The van der Waals surface area contributed by atoms with Crippen LogP contribution in [0.4, 0.5) is 0 Å². The van der Waals surface area contributed by atoms with E-state index in [1.807, 2.05) is 0 Å². The molecule has 3 heteroatoms. The molecule has 0 saturated carbocycles. The van der Waals surface area contributed by atoms with Crippen molar-refractivity contribution in [3.63, 3.8) is 0 Å². The summed E-state index contributed by atoms with van der Waals surface area (Å²) in [6, 6.07) is 0.550. The molecule has 1 heterocycles. The van der Waals surface area contributed by atoms with Gasteiger partial charge in [0.15, 0.2) is 0 Å². The van der Waals surface area contributed by atoms with Gasteiger partial charge in [-0.05, 0) is 32.7 Å². The van der Waals surface area contributed by atoms with Crippen LogP contribution in [0.1, 0.15) is 39.5 Å². The van der Waals surface area contributed by atoms with Crippen LogP contribution in [-0.4, -0.2) is 36.6 Å². The predicted molar refractivity (Wildman–Crippen MR) is 56.1 cm³/mol. The predicted octanol–water partition coefficient (Wildman–Crippen LogP) is 1.81. The number of esters is 1. The van der Waals surface area contributed by atoms with Gasteiger partial charge in [0.2, 0.25) is 0 Å². The van der Waals surface area contributed by atoms with Crippen LogP contribution in [-0.2, 0) is 9.53 Å². The first-order valence-electron chi connectivity index (χ1n) is 5.63. The zero-order valence-electron chi connectivity index (χ0n) is 9.29. The summed E-state index contributed by atoms with van der Waals surface area (Å²) in [5, 5.41) is 0. The third-order valence-corrected chi connectivity index (χ3v) is 2.78. The van der Waals surface area contributed by atoms with E-state index in [0.29, 0.717) is 19.2 Å². The second kappa shape index (κ2) is 6.02. The fourth-order valence-corrected chi connectivity index (χ4v) is 1.77. The van der Waals surface area contributed by atoms with E-state index in [1.54, 1.807) is 0 Å². The summed E-state index contributed by atoms with van der Waals surface area (Å²) in [7, 11) is 0. The number of ether oxygens (including phenoxy) is 1. The van der Waals surface area contributed by atoms with E-state index >= 15 is 0 Å². The highest BCUT2D eigenvalue weighted by Gasteiger charge is 2.22. The van der Waals surface area contributed by atoms with Crippen molar-refractivity contribution in [3.8, 4) is 0 Å². The molecule has 14 heavy (non-hydrogen) atoms. The largest absolute Gasteiger partial charge is 0.465 e. The summed E-state index contributed by atoms with van der Waals surface area (Å²) in [5.74, 6) is -0.0628. The molecule has 82 valence electrons. The number of hydrogen-bond acceptors (Lipinski definition) is 3. The molecule has 0 spiro atoms. The number of carbonyl (C=O) groups excluding carboxylic acids is 1. The lowest BCUT2D eigenvalue weighted by Gasteiger charge is -2.19. The summed E-state index contributed by atoms with van der Waals surface area (Å²) in [5.41, 5.74) is 0. The summed E-state index contributed by atoms with van der Waals surface area (Å²) >= 11 is 0. The van der Waals surface area contributed by atoms with Gasteiger partial charge in [0.1, 0.15) is 0 Å². The minimum atomic E-state index is -0.0628. The zero-order chi connectivity index (χ0) is 10.4. The first kappa shape index (κ1) is 11.5. The van der Waals surface area contributed by atoms with Crippen LogP contribution in [0.15, 0.2) is 0 Å². The zero-order valence-corrected chi connectivity index (χ0v) is 9.29. The Hall–Kier alpha value is -0.570. The Morgan fingerprint density at radius 2 is 2.36 bits per heavy atom. The maximum Gasteiger partial charge on any atom is 0.320 e.